The predicted molar refractivity (Wildman–Crippen MR) is 142 cm³/mol. The summed E-state index contributed by atoms with van der Waals surface area (Å²) in [6.07, 6.45) is 2.86. The molecule has 9 nitrogen and oxygen atoms in total. The van der Waals surface area contributed by atoms with Crippen LogP contribution in [0.1, 0.15) is 49.3 Å². The zero-order chi connectivity index (χ0) is 26.9. The Balaban J connectivity index is 1.36. The number of hydrogen-bond donors (Lipinski definition) is 2. The van der Waals surface area contributed by atoms with E-state index in [2.05, 4.69) is 15.8 Å². The average Bonchev–Trinajstić information content (AvgIpc) is 3.46. The lowest BCUT2D eigenvalue weighted by molar-refractivity contribution is 0.0727. The van der Waals surface area contributed by atoms with Crippen molar-refractivity contribution in [3.05, 3.63) is 113 Å². The fourth-order valence-corrected chi connectivity index (χ4v) is 3.42. The highest BCUT2D eigenvalue weighted by Crippen LogP contribution is 2.29. The van der Waals surface area contributed by atoms with Crippen LogP contribution in [0.4, 0.5) is 5.69 Å². The second kappa shape index (κ2) is 12.2. The van der Waals surface area contributed by atoms with E-state index in [0.717, 1.165) is 5.56 Å². The van der Waals surface area contributed by atoms with Crippen molar-refractivity contribution < 1.29 is 28.3 Å². The standard InChI is InChI=1S/C29H25N3O6/c1-3-36-26-17-20(9-14-24(26)38-29(35)22-7-4-6-19(2)16-22)18-30-32-27(33)21-10-12-23(13-11-21)31-28(34)25-8-5-15-37-25/h4-18H,3H2,1-2H3,(H,31,34)(H,32,33)/b30-18-. The van der Waals surface area contributed by atoms with Gasteiger partial charge in [-0.3, -0.25) is 9.59 Å². The van der Waals surface area contributed by atoms with Gasteiger partial charge < -0.3 is 19.2 Å². The second-order valence-electron chi connectivity index (χ2n) is 8.11. The van der Waals surface area contributed by atoms with Crippen molar-refractivity contribution in [3.8, 4) is 11.5 Å². The molecule has 0 atom stereocenters. The summed E-state index contributed by atoms with van der Waals surface area (Å²) in [6.45, 7) is 4.08. The molecule has 0 saturated heterocycles. The molecule has 192 valence electrons. The van der Waals surface area contributed by atoms with E-state index in [4.69, 9.17) is 13.9 Å². The molecule has 0 radical (unpaired) electrons. The van der Waals surface area contributed by atoms with Gasteiger partial charge in [-0.1, -0.05) is 17.7 Å². The second-order valence-corrected chi connectivity index (χ2v) is 8.11. The molecular weight excluding hydrogens is 486 g/mol. The van der Waals surface area contributed by atoms with Crippen LogP contribution in [0.15, 0.2) is 94.6 Å². The minimum atomic E-state index is -0.491. The molecule has 3 aromatic carbocycles. The summed E-state index contributed by atoms with van der Waals surface area (Å²) in [7, 11) is 0. The van der Waals surface area contributed by atoms with Gasteiger partial charge in [0.05, 0.1) is 24.6 Å². The maximum Gasteiger partial charge on any atom is 0.343 e. The van der Waals surface area contributed by atoms with Gasteiger partial charge in [0.15, 0.2) is 17.3 Å². The number of amides is 2. The number of benzene rings is 3. The zero-order valence-electron chi connectivity index (χ0n) is 20.8. The van der Waals surface area contributed by atoms with E-state index in [-0.39, 0.29) is 17.4 Å². The first-order valence-electron chi connectivity index (χ1n) is 11.8. The Morgan fingerprint density at radius 3 is 2.42 bits per heavy atom. The van der Waals surface area contributed by atoms with Crippen LogP contribution in [0, 0.1) is 6.92 Å². The van der Waals surface area contributed by atoms with E-state index in [1.165, 1.54) is 12.5 Å². The highest BCUT2D eigenvalue weighted by Gasteiger charge is 2.14. The molecule has 0 aliphatic rings. The first-order valence-corrected chi connectivity index (χ1v) is 11.8. The van der Waals surface area contributed by atoms with Gasteiger partial charge >= 0.3 is 5.97 Å². The van der Waals surface area contributed by atoms with Gasteiger partial charge in [-0.15, -0.1) is 0 Å². The quantitative estimate of drug-likeness (QED) is 0.138. The summed E-state index contributed by atoms with van der Waals surface area (Å²) < 4.78 is 16.2. The van der Waals surface area contributed by atoms with Crippen LogP contribution in [-0.2, 0) is 0 Å². The molecule has 38 heavy (non-hydrogen) atoms. The number of rotatable bonds is 9. The van der Waals surface area contributed by atoms with Gasteiger partial charge in [-0.25, -0.2) is 10.2 Å². The van der Waals surface area contributed by atoms with Crippen molar-refractivity contribution in [3.63, 3.8) is 0 Å². The summed E-state index contributed by atoms with van der Waals surface area (Å²) in [5, 5.41) is 6.68. The SMILES string of the molecule is CCOc1cc(/C=N\NC(=O)c2ccc(NC(=O)c3ccco3)cc2)ccc1OC(=O)c1cccc(C)c1. The lowest BCUT2D eigenvalue weighted by Gasteiger charge is -2.11. The number of aryl methyl sites for hydroxylation is 1. The highest BCUT2D eigenvalue weighted by atomic mass is 16.6. The molecule has 2 amide bonds. The van der Waals surface area contributed by atoms with Crippen molar-refractivity contribution in [1.82, 2.24) is 5.43 Å². The first-order chi connectivity index (χ1) is 18.4. The number of nitrogens with one attached hydrogen (secondary N) is 2. The minimum absolute atomic E-state index is 0.186. The fourth-order valence-electron chi connectivity index (χ4n) is 3.42. The van der Waals surface area contributed by atoms with Crippen LogP contribution in [0.5, 0.6) is 11.5 Å². The number of carbonyl (C=O) groups excluding carboxylic acids is 3. The Morgan fingerprint density at radius 2 is 1.71 bits per heavy atom. The Morgan fingerprint density at radius 1 is 0.895 bits per heavy atom. The summed E-state index contributed by atoms with van der Waals surface area (Å²) in [6, 6.07) is 21.6. The third-order valence-corrected chi connectivity index (χ3v) is 5.25. The van der Waals surface area contributed by atoms with E-state index in [0.29, 0.717) is 34.7 Å². The maximum absolute atomic E-state index is 12.5. The number of carbonyl (C=O) groups is 3. The number of furan rings is 1. The monoisotopic (exact) mass is 511 g/mol. The van der Waals surface area contributed by atoms with Gasteiger partial charge in [0, 0.05) is 11.3 Å². The maximum atomic E-state index is 12.5. The number of hydrogen-bond acceptors (Lipinski definition) is 7. The van der Waals surface area contributed by atoms with Crippen molar-refractivity contribution in [2.24, 2.45) is 5.10 Å². The number of esters is 1. The van der Waals surface area contributed by atoms with Crippen LogP contribution in [0.2, 0.25) is 0 Å². The molecule has 0 unspecified atom stereocenters. The molecule has 2 N–H and O–H groups in total. The fraction of sp³-hybridized carbons (Fsp3) is 0.103. The molecular formula is C29H25N3O6. The lowest BCUT2D eigenvalue weighted by Crippen LogP contribution is -2.17. The molecule has 0 aliphatic heterocycles. The Bertz CT molecular complexity index is 1460. The van der Waals surface area contributed by atoms with Gasteiger partial charge in [0.2, 0.25) is 0 Å². The van der Waals surface area contributed by atoms with Gasteiger partial charge in [0.25, 0.3) is 11.8 Å². The lowest BCUT2D eigenvalue weighted by atomic mass is 10.1. The van der Waals surface area contributed by atoms with Crippen LogP contribution >= 0.6 is 0 Å². The smallest absolute Gasteiger partial charge is 0.343 e. The van der Waals surface area contributed by atoms with Gasteiger partial charge in [-0.05, 0) is 86.1 Å². The largest absolute Gasteiger partial charge is 0.490 e. The zero-order valence-corrected chi connectivity index (χ0v) is 20.8. The Hall–Kier alpha value is -5.18. The molecule has 0 saturated carbocycles. The summed E-state index contributed by atoms with van der Waals surface area (Å²) in [5.41, 5.74) is 5.34. The molecule has 0 bridgehead atoms. The van der Waals surface area contributed by atoms with Crippen LogP contribution < -0.4 is 20.2 Å². The normalized spacial score (nSPS) is 10.7. The summed E-state index contributed by atoms with van der Waals surface area (Å²) in [4.78, 5) is 37.0. The molecule has 0 fully saturated rings. The predicted octanol–water partition coefficient (Wildman–Crippen LogP) is 5.22. The third kappa shape index (κ3) is 6.73. The van der Waals surface area contributed by atoms with Crippen LogP contribution in [-0.4, -0.2) is 30.6 Å². The van der Waals surface area contributed by atoms with Crippen LogP contribution in [0.3, 0.4) is 0 Å². The van der Waals surface area contributed by atoms with Crippen LogP contribution in [0.25, 0.3) is 0 Å². The molecule has 1 aromatic heterocycles. The van der Waals surface area contributed by atoms with Gasteiger partial charge in [-0.2, -0.15) is 5.10 Å². The molecule has 1 heterocycles. The van der Waals surface area contributed by atoms with Gasteiger partial charge in [0.1, 0.15) is 0 Å². The summed E-state index contributed by atoms with van der Waals surface area (Å²) >= 11 is 0. The average molecular weight is 512 g/mol. The van der Waals surface area contributed by atoms with Crippen molar-refractivity contribution in [2.45, 2.75) is 13.8 Å². The summed E-state index contributed by atoms with van der Waals surface area (Å²) in [5.74, 6) is -0.478. The van der Waals surface area contributed by atoms with E-state index in [1.54, 1.807) is 72.8 Å². The van der Waals surface area contributed by atoms with E-state index in [9.17, 15) is 14.4 Å². The molecule has 9 heteroatoms. The van der Waals surface area contributed by atoms with E-state index >= 15 is 0 Å². The Labute approximate surface area is 219 Å². The third-order valence-electron chi connectivity index (χ3n) is 5.25. The topological polar surface area (TPSA) is 119 Å². The molecule has 0 spiro atoms. The molecule has 0 aliphatic carbocycles. The molecule has 4 rings (SSSR count). The number of ether oxygens (including phenoxy) is 2. The number of hydrazone groups is 1. The van der Waals surface area contributed by atoms with E-state index in [1.807, 2.05) is 19.9 Å². The molecule has 4 aromatic rings. The van der Waals surface area contributed by atoms with Crippen molar-refractivity contribution in [2.75, 3.05) is 11.9 Å². The minimum Gasteiger partial charge on any atom is -0.490 e. The highest BCUT2D eigenvalue weighted by molar-refractivity contribution is 6.02. The van der Waals surface area contributed by atoms with E-state index < -0.39 is 11.9 Å². The first kappa shape index (κ1) is 25.9. The Kier molecular flexibility index (Phi) is 8.30. The number of anilines is 1. The number of nitrogens with zero attached hydrogens (tertiary/aromatic N) is 1. The van der Waals surface area contributed by atoms with Crippen molar-refractivity contribution in [1.29, 1.82) is 0 Å². The van der Waals surface area contributed by atoms with Crippen molar-refractivity contribution >= 4 is 29.7 Å².